The van der Waals surface area contributed by atoms with Gasteiger partial charge in [-0.1, -0.05) is 221 Å². The molecule has 0 aliphatic carbocycles. The summed E-state index contributed by atoms with van der Waals surface area (Å²) in [6.45, 7) is 30.4. The Labute approximate surface area is 746 Å². The molecule has 0 fully saturated rings. The van der Waals surface area contributed by atoms with Gasteiger partial charge >= 0.3 is 0 Å². The summed E-state index contributed by atoms with van der Waals surface area (Å²) in [6.07, 6.45) is 0. The predicted molar refractivity (Wildman–Crippen MR) is 515 cm³/mol. The molecule has 0 saturated carbocycles. The average Bonchev–Trinajstić information content (AvgIpc) is 1.10. The van der Waals surface area contributed by atoms with Gasteiger partial charge in [-0.2, -0.15) is 0 Å². The molecule has 0 bridgehead atoms. The number of nitrogens with two attached hydrogens (primary N) is 10. The minimum absolute atomic E-state index is 0.178. The van der Waals surface area contributed by atoms with Crippen molar-refractivity contribution in [3.05, 3.63) is 434 Å². The Kier molecular flexibility index (Phi) is 57.5. The summed E-state index contributed by atoms with van der Waals surface area (Å²) in [5, 5.41) is 2.24. The molecule has 0 unspecified atom stereocenters. The third-order valence-electron chi connectivity index (χ3n) is 18.3. The van der Waals surface area contributed by atoms with Crippen molar-refractivity contribution >= 4 is 40.5 Å². The molecule has 660 valence electrons. The van der Waals surface area contributed by atoms with E-state index in [1.807, 2.05) is 213 Å². The zero-order valence-electron chi connectivity index (χ0n) is 74.5. The van der Waals surface area contributed by atoms with Gasteiger partial charge in [0.05, 0.1) is 32.0 Å². The van der Waals surface area contributed by atoms with Crippen LogP contribution in [-0.4, -0.2) is 21.3 Å². The van der Waals surface area contributed by atoms with Crippen LogP contribution in [-0.2, 0) is 58.9 Å². The number of methoxy groups -OCH3 is 3. The fraction of sp³-hybridized carbons (Fsp3) is 0.243. The Morgan fingerprint density at radius 3 is 1.06 bits per heavy atom. The van der Waals surface area contributed by atoms with Gasteiger partial charge in [-0.15, -0.1) is 0 Å². The molecule has 13 nitrogen and oxygen atoms in total. The quantitative estimate of drug-likeness (QED) is 0.0403. The highest BCUT2D eigenvalue weighted by atomic mass is 35.5. The summed E-state index contributed by atoms with van der Waals surface area (Å²) in [4.78, 5) is 0. The number of hydrogen-bond donors (Lipinski definition) is 10. The molecule has 0 aliphatic heterocycles. The molecule has 0 amide bonds. The largest absolute Gasteiger partial charge is 0.497 e. The van der Waals surface area contributed by atoms with Crippen molar-refractivity contribution in [3.8, 4) is 17.2 Å². The normalized spacial score (nSPS) is 9.63. The summed E-state index contributed by atoms with van der Waals surface area (Å²) in [6, 6.07) is 84.7. The lowest BCUT2D eigenvalue weighted by Gasteiger charge is -2.04. The van der Waals surface area contributed by atoms with E-state index in [0.29, 0.717) is 74.2 Å². The van der Waals surface area contributed by atoms with E-state index >= 15 is 0 Å². The van der Waals surface area contributed by atoms with Gasteiger partial charge in [0.2, 0.25) is 0 Å². The lowest BCUT2D eigenvalue weighted by Crippen LogP contribution is -2.01. The second-order valence-electron chi connectivity index (χ2n) is 28.2. The number of rotatable bonds is 12. The number of halogens is 7. The van der Waals surface area contributed by atoms with Crippen molar-refractivity contribution in [1.82, 2.24) is 0 Å². The summed E-state index contributed by atoms with van der Waals surface area (Å²) < 4.78 is 65.5. The molecule has 123 heavy (non-hydrogen) atoms. The Hall–Kier alpha value is -10.7. The van der Waals surface area contributed by atoms with Crippen LogP contribution in [0, 0.1) is 113 Å². The molecule has 13 aromatic carbocycles. The van der Waals surface area contributed by atoms with Crippen molar-refractivity contribution < 1.29 is 31.8 Å². The molecule has 0 spiro atoms. The van der Waals surface area contributed by atoms with Gasteiger partial charge in [-0.05, 0) is 294 Å². The van der Waals surface area contributed by atoms with Crippen LogP contribution in [0.15, 0.2) is 273 Å². The minimum atomic E-state index is -0.217. The molecule has 0 heterocycles. The Balaban J connectivity index is 0.000000667. The summed E-state index contributed by atoms with van der Waals surface area (Å²) in [7, 11) is 4.99. The highest BCUT2D eigenvalue weighted by Gasteiger charge is 2.04. The Morgan fingerprint density at radius 1 is 0.252 bits per heavy atom. The molecule has 20 N–H and O–H groups in total. The Bertz CT molecular complexity index is 4980. The molecular weight excluding hydrogens is 1610 g/mol. The third-order valence-corrected chi connectivity index (χ3v) is 19.1. The van der Waals surface area contributed by atoms with Crippen molar-refractivity contribution in [2.24, 2.45) is 51.6 Å². The molecular formula is C103H131Cl3F4N10O3. The van der Waals surface area contributed by atoms with Crippen LogP contribution in [0.25, 0.3) is 0 Å². The molecule has 13 aromatic rings. The van der Waals surface area contributed by atoms with E-state index in [1.165, 1.54) is 103 Å². The second-order valence-corrected chi connectivity index (χ2v) is 29.4. The van der Waals surface area contributed by atoms with E-state index in [2.05, 4.69) is 76.2 Å². The van der Waals surface area contributed by atoms with Gasteiger partial charge < -0.3 is 71.5 Å². The molecule has 0 radical (unpaired) electrons. The molecule has 13 rings (SSSR count). The van der Waals surface area contributed by atoms with Crippen LogP contribution in [0.4, 0.5) is 23.2 Å². The van der Waals surface area contributed by atoms with Crippen LogP contribution >= 0.6 is 34.8 Å². The second kappa shape index (κ2) is 64.1. The maximum atomic E-state index is 12.8. The fourth-order valence-electron chi connectivity index (χ4n) is 10.4. The predicted octanol–water partition coefficient (Wildman–Crippen LogP) is 23.2. The lowest BCUT2D eigenvalue weighted by atomic mass is 10.1. The van der Waals surface area contributed by atoms with Gasteiger partial charge in [0.1, 0.15) is 40.5 Å². The number of benzene rings is 13. The smallest absolute Gasteiger partial charge is 0.127 e. The van der Waals surface area contributed by atoms with Crippen LogP contribution in [0.5, 0.6) is 17.2 Å². The Morgan fingerprint density at radius 2 is 0.642 bits per heavy atom. The minimum Gasteiger partial charge on any atom is -0.497 e. The molecule has 0 aromatic heterocycles. The molecule has 20 heteroatoms. The van der Waals surface area contributed by atoms with Crippen molar-refractivity contribution in [1.29, 1.82) is 0 Å². The molecule has 0 atom stereocenters. The first-order chi connectivity index (χ1) is 58.6. The van der Waals surface area contributed by atoms with E-state index in [1.54, 1.807) is 58.6 Å². The highest BCUT2D eigenvalue weighted by Crippen LogP contribution is 2.21. The fourth-order valence-corrected chi connectivity index (χ4v) is 10.9. The standard InChI is InChI=1S/2C9H13NO.4C8H10FN.3C8H11N.C8H10O.C7H8ClN.2C7H7Cl/c1-7-5-9(11-2)4-3-8(7)6-10;1-7-3-4-9(11-2)5-8(7)6-10;1-6-4-8(9)3-2-7(6)5-10;1-6-2-3-8(9)4-7(6)5-10;1-6-7(5-10)3-2-4-8(6)9;1-6-3-2-4-8(9)7(6)5-10;1-7-2-4-8(6-9)5-3-7;1-7-3-2-4-8(5-7)6-9;1-7-4-2-3-5-8(7)6-9;1-7-3-5-8(9-2)6-4-7;1-5-2-3-6(8)7(9)4-5;1-6-2-4-7(8)5-3-6;1-6-3-2-4-7(8)5-6/h2*3-5H,6,10H2,1-2H3;4*2-4H,5,10H2,1H3;3*2-5H,6,9H2,1H3;3-6H,1-2H3;2-4H,9H2,1H3;2*2-5H,1H3. The van der Waals surface area contributed by atoms with Gasteiger partial charge in [0.25, 0.3) is 0 Å². The van der Waals surface area contributed by atoms with Crippen molar-refractivity contribution in [2.75, 3.05) is 27.1 Å². The first-order valence-corrected chi connectivity index (χ1v) is 41.1. The van der Waals surface area contributed by atoms with Crippen LogP contribution in [0.2, 0.25) is 15.1 Å². The van der Waals surface area contributed by atoms with Crippen LogP contribution in [0.3, 0.4) is 0 Å². The van der Waals surface area contributed by atoms with Gasteiger partial charge in [-0.25, -0.2) is 17.6 Å². The monoisotopic (exact) mass is 1740 g/mol. The first kappa shape index (κ1) is 110. The van der Waals surface area contributed by atoms with E-state index in [0.717, 1.165) is 71.8 Å². The van der Waals surface area contributed by atoms with E-state index in [9.17, 15) is 17.6 Å². The summed E-state index contributed by atoms with van der Waals surface area (Å²) >= 11 is 16.9. The van der Waals surface area contributed by atoms with Gasteiger partial charge in [0, 0.05) is 74.5 Å². The zero-order valence-corrected chi connectivity index (χ0v) is 76.8. The van der Waals surface area contributed by atoms with Gasteiger partial charge in [-0.3, -0.25) is 0 Å². The van der Waals surface area contributed by atoms with Crippen LogP contribution < -0.4 is 71.5 Å². The zero-order chi connectivity index (χ0) is 92.4. The van der Waals surface area contributed by atoms with Gasteiger partial charge in [0.15, 0.2) is 0 Å². The highest BCUT2D eigenvalue weighted by molar-refractivity contribution is 6.33. The van der Waals surface area contributed by atoms with E-state index in [-0.39, 0.29) is 29.8 Å². The van der Waals surface area contributed by atoms with E-state index < -0.39 is 0 Å². The maximum absolute atomic E-state index is 12.8. The first-order valence-electron chi connectivity index (χ1n) is 39.9. The number of ether oxygens (including phenoxy) is 3. The van der Waals surface area contributed by atoms with Crippen LogP contribution in [0.1, 0.15) is 122 Å². The number of hydrogen-bond acceptors (Lipinski definition) is 13. The topological polar surface area (TPSA) is 288 Å². The lowest BCUT2D eigenvalue weighted by molar-refractivity contribution is 0.414. The molecule has 0 saturated heterocycles. The SMILES string of the molecule is COc1ccc(C)c(CN)c1.COc1ccc(C)cc1.COc1ccc(CN)c(C)c1.Cc1c(F)cccc1CN.Cc1cc(F)ccc1CN.Cc1ccc(CN)cc1.Cc1ccc(Cl)c(N)c1.Cc1ccc(Cl)cc1.Cc1ccc(F)cc1CN.Cc1cccc(CN)c1.Cc1cccc(Cl)c1.Cc1cccc(F)c1CN.Cc1ccccc1CN. The molecule has 0 aliphatic rings. The number of nitrogen functional groups attached to an aromatic ring is 1. The number of anilines is 1. The third kappa shape index (κ3) is 47.5. The van der Waals surface area contributed by atoms with E-state index in [4.69, 9.17) is 106 Å². The maximum Gasteiger partial charge on any atom is 0.127 e. The summed E-state index contributed by atoms with van der Waals surface area (Å²) in [5.41, 5.74) is 78.8. The number of aryl methyl sites for hydroxylation is 12. The van der Waals surface area contributed by atoms with Crippen molar-refractivity contribution in [2.45, 2.75) is 149 Å². The average molecular weight is 1740 g/mol. The van der Waals surface area contributed by atoms with Crippen molar-refractivity contribution in [3.63, 3.8) is 0 Å². The summed E-state index contributed by atoms with van der Waals surface area (Å²) in [5.74, 6) is 1.88.